The highest BCUT2D eigenvalue weighted by molar-refractivity contribution is 5.65. The molecule has 1 rings (SSSR count). The van der Waals surface area contributed by atoms with E-state index in [1.807, 2.05) is 0 Å². The van der Waals surface area contributed by atoms with Crippen LogP contribution in [0.1, 0.15) is 31.2 Å². The number of hydrogen-bond acceptors (Lipinski definition) is 3. The molecule has 17 heavy (non-hydrogen) atoms. The Balaban J connectivity index is 2.58. The van der Waals surface area contributed by atoms with Crippen molar-refractivity contribution in [3.05, 3.63) is 35.6 Å². The van der Waals surface area contributed by atoms with Crippen molar-refractivity contribution < 1.29 is 19.0 Å². The van der Waals surface area contributed by atoms with Crippen molar-refractivity contribution >= 4 is 5.97 Å². The van der Waals surface area contributed by atoms with E-state index in [4.69, 9.17) is 9.84 Å². The molecule has 0 spiro atoms. The zero-order valence-corrected chi connectivity index (χ0v) is 9.86. The van der Waals surface area contributed by atoms with Crippen molar-refractivity contribution in [3.63, 3.8) is 0 Å². The van der Waals surface area contributed by atoms with Crippen molar-refractivity contribution in [2.75, 3.05) is 13.2 Å². The second kappa shape index (κ2) is 7.01. The summed E-state index contributed by atoms with van der Waals surface area (Å²) in [4.78, 5) is 10.6. The van der Waals surface area contributed by atoms with Crippen LogP contribution in [0.4, 0.5) is 4.39 Å². The van der Waals surface area contributed by atoms with E-state index in [1.165, 1.54) is 19.1 Å². The minimum Gasteiger partial charge on any atom is -0.466 e. The second-order valence-electron chi connectivity index (χ2n) is 3.89. The standard InChI is InChI=1S/C13H17FO3/c1-10(16)17-9-7-12(6-8-15)11-2-4-13(14)5-3-11/h2-5,12,15H,6-9H2,1H3/t12-/m0/s1. The molecule has 0 saturated carbocycles. The molecule has 0 unspecified atom stereocenters. The van der Waals surface area contributed by atoms with Gasteiger partial charge in [0.25, 0.3) is 0 Å². The van der Waals surface area contributed by atoms with Crippen LogP contribution in [0.25, 0.3) is 0 Å². The molecule has 0 amide bonds. The summed E-state index contributed by atoms with van der Waals surface area (Å²) < 4.78 is 17.6. The predicted octanol–water partition coefficient (Wildman–Crippen LogP) is 2.24. The van der Waals surface area contributed by atoms with Gasteiger partial charge >= 0.3 is 5.97 Å². The number of aliphatic hydroxyl groups is 1. The molecule has 0 fully saturated rings. The van der Waals surface area contributed by atoms with E-state index >= 15 is 0 Å². The first kappa shape index (κ1) is 13.6. The van der Waals surface area contributed by atoms with Gasteiger partial charge in [0.1, 0.15) is 5.82 Å². The van der Waals surface area contributed by atoms with E-state index in [0.29, 0.717) is 19.4 Å². The number of carbonyl (C=O) groups is 1. The van der Waals surface area contributed by atoms with Crippen LogP contribution >= 0.6 is 0 Å². The smallest absolute Gasteiger partial charge is 0.302 e. The van der Waals surface area contributed by atoms with Crippen molar-refractivity contribution in [1.29, 1.82) is 0 Å². The van der Waals surface area contributed by atoms with Gasteiger partial charge in [-0.3, -0.25) is 4.79 Å². The van der Waals surface area contributed by atoms with Crippen molar-refractivity contribution in [2.24, 2.45) is 0 Å². The van der Waals surface area contributed by atoms with Crippen LogP contribution in [0.5, 0.6) is 0 Å². The Morgan fingerprint density at radius 3 is 2.53 bits per heavy atom. The fourth-order valence-electron chi connectivity index (χ4n) is 1.71. The maximum atomic E-state index is 12.8. The van der Waals surface area contributed by atoms with E-state index in [-0.39, 0.29) is 24.3 Å². The summed E-state index contributed by atoms with van der Waals surface area (Å²) >= 11 is 0. The Morgan fingerprint density at radius 1 is 1.35 bits per heavy atom. The van der Waals surface area contributed by atoms with E-state index in [0.717, 1.165) is 5.56 Å². The summed E-state index contributed by atoms with van der Waals surface area (Å²) in [7, 11) is 0. The molecule has 0 aromatic heterocycles. The first-order chi connectivity index (χ1) is 8.13. The van der Waals surface area contributed by atoms with Crippen molar-refractivity contribution in [1.82, 2.24) is 0 Å². The maximum Gasteiger partial charge on any atom is 0.302 e. The number of benzene rings is 1. The molecule has 0 aliphatic heterocycles. The highest BCUT2D eigenvalue weighted by atomic mass is 19.1. The van der Waals surface area contributed by atoms with Gasteiger partial charge in [0.05, 0.1) is 6.61 Å². The number of carbonyl (C=O) groups excluding carboxylic acids is 1. The van der Waals surface area contributed by atoms with Crippen molar-refractivity contribution in [3.8, 4) is 0 Å². The third-order valence-electron chi connectivity index (χ3n) is 2.59. The number of hydrogen-bond donors (Lipinski definition) is 1. The SMILES string of the molecule is CC(=O)OCC[C@H](CCO)c1ccc(F)cc1. The third-order valence-corrected chi connectivity index (χ3v) is 2.59. The minimum atomic E-state index is -0.313. The number of halogens is 1. The number of rotatable bonds is 6. The van der Waals surface area contributed by atoms with Crippen LogP contribution in [0.2, 0.25) is 0 Å². The zero-order valence-electron chi connectivity index (χ0n) is 9.86. The van der Waals surface area contributed by atoms with Crippen LogP contribution < -0.4 is 0 Å². The highest BCUT2D eigenvalue weighted by Crippen LogP contribution is 2.23. The van der Waals surface area contributed by atoms with Crippen LogP contribution in [0, 0.1) is 5.82 Å². The summed E-state index contributed by atoms with van der Waals surface area (Å²) in [6, 6.07) is 6.18. The maximum absolute atomic E-state index is 12.8. The summed E-state index contributed by atoms with van der Waals surface area (Å²) in [5.41, 5.74) is 0.951. The van der Waals surface area contributed by atoms with E-state index in [2.05, 4.69) is 0 Å². The normalized spacial score (nSPS) is 12.2. The Bertz CT molecular complexity index is 348. The van der Waals surface area contributed by atoms with Crippen LogP contribution in [0.15, 0.2) is 24.3 Å². The lowest BCUT2D eigenvalue weighted by molar-refractivity contribution is -0.141. The number of aliphatic hydroxyl groups excluding tert-OH is 1. The van der Waals surface area contributed by atoms with Gasteiger partial charge in [-0.05, 0) is 36.5 Å². The average molecular weight is 240 g/mol. The van der Waals surface area contributed by atoms with Crippen molar-refractivity contribution in [2.45, 2.75) is 25.7 Å². The summed E-state index contributed by atoms with van der Waals surface area (Å²) in [5, 5.41) is 8.98. The molecule has 0 bridgehead atoms. The predicted molar refractivity (Wildman–Crippen MR) is 62.1 cm³/mol. The Morgan fingerprint density at radius 2 is 2.00 bits per heavy atom. The molecule has 94 valence electrons. The van der Waals surface area contributed by atoms with Gasteiger partial charge in [0.15, 0.2) is 0 Å². The lowest BCUT2D eigenvalue weighted by atomic mass is 9.93. The molecule has 1 aromatic carbocycles. The molecular formula is C13H17FO3. The lowest BCUT2D eigenvalue weighted by Gasteiger charge is -2.16. The van der Waals surface area contributed by atoms with E-state index in [1.54, 1.807) is 12.1 Å². The van der Waals surface area contributed by atoms with Gasteiger partial charge in [0, 0.05) is 13.5 Å². The Labute approximate surface area is 100 Å². The molecule has 0 saturated heterocycles. The van der Waals surface area contributed by atoms with Gasteiger partial charge in [-0.15, -0.1) is 0 Å². The van der Waals surface area contributed by atoms with Gasteiger partial charge in [-0.1, -0.05) is 12.1 Å². The first-order valence-electron chi connectivity index (χ1n) is 5.63. The van der Waals surface area contributed by atoms with Crippen LogP contribution in [0.3, 0.4) is 0 Å². The summed E-state index contributed by atoms with van der Waals surface area (Å²) in [6.07, 6.45) is 1.21. The first-order valence-corrected chi connectivity index (χ1v) is 5.63. The fourth-order valence-corrected chi connectivity index (χ4v) is 1.71. The van der Waals surface area contributed by atoms with Gasteiger partial charge in [-0.2, -0.15) is 0 Å². The lowest BCUT2D eigenvalue weighted by Crippen LogP contribution is -2.08. The Hall–Kier alpha value is -1.42. The molecule has 4 heteroatoms. The number of esters is 1. The molecule has 0 heterocycles. The third kappa shape index (κ3) is 4.95. The molecule has 0 aliphatic carbocycles. The fraction of sp³-hybridized carbons (Fsp3) is 0.462. The molecule has 0 radical (unpaired) electrons. The zero-order chi connectivity index (χ0) is 12.7. The Kier molecular flexibility index (Phi) is 5.63. The van der Waals surface area contributed by atoms with Gasteiger partial charge in [0.2, 0.25) is 0 Å². The minimum absolute atomic E-state index is 0.0577. The number of ether oxygens (including phenoxy) is 1. The average Bonchev–Trinajstić information content (AvgIpc) is 2.29. The monoisotopic (exact) mass is 240 g/mol. The highest BCUT2D eigenvalue weighted by Gasteiger charge is 2.11. The van der Waals surface area contributed by atoms with E-state index < -0.39 is 0 Å². The van der Waals surface area contributed by atoms with Crippen LogP contribution in [-0.4, -0.2) is 24.3 Å². The second-order valence-corrected chi connectivity index (χ2v) is 3.89. The largest absolute Gasteiger partial charge is 0.466 e. The summed E-state index contributed by atoms with van der Waals surface area (Å²) in [6.45, 7) is 1.73. The molecule has 3 nitrogen and oxygen atoms in total. The topological polar surface area (TPSA) is 46.5 Å². The quantitative estimate of drug-likeness (QED) is 0.776. The van der Waals surface area contributed by atoms with E-state index in [9.17, 15) is 9.18 Å². The van der Waals surface area contributed by atoms with Gasteiger partial charge in [-0.25, -0.2) is 4.39 Å². The molecule has 1 aromatic rings. The molecule has 1 N–H and O–H groups in total. The molecule has 1 atom stereocenters. The summed E-state index contributed by atoms with van der Waals surface area (Å²) in [5.74, 6) is -0.511. The molecule has 0 aliphatic rings. The molecular weight excluding hydrogens is 223 g/mol. The van der Waals surface area contributed by atoms with Crippen LogP contribution in [-0.2, 0) is 9.53 Å². The van der Waals surface area contributed by atoms with Gasteiger partial charge < -0.3 is 9.84 Å².